The third kappa shape index (κ3) is 10.8. The first-order valence-corrected chi connectivity index (χ1v) is 14.3. The number of allylic oxidation sites excluding steroid dienone is 5. The Morgan fingerprint density at radius 2 is 1.75 bits per heavy atom. The van der Waals surface area contributed by atoms with Crippen LogP contribution < -0.4 is 0 Å². The molecule has 36 heavy (non-hydrogen) atoms. The number of unbranched alkanes of at least 4 members (excludes halogenated alkanes) is 1. The van der Waals surface area contributed by atoms with Gasteiger partial charge in [-0.05, 0) is 66.6 Å². The minimum absolute atomic E-state index is 0.0964. The number of carbonyl (C=O) groups excluding carboxylic acids is 1. The second kappa shape index (κ2) is 16.3. The van der Waals surface area contributed by atoms with Crippen molar-refractivity contribution in [2.45, 2.75) is 86.6 Å². The van der Waals surface area contributed by atoms with Crippen molar-refractivity contribution in [3.63, 3.8) is 0 Å². The van der Waals surface area contributed by atoms with Gasteiger partial charge in [-0.15, -0.1) is 0 Å². The fraction of sp³-hybridized carbons (Fsp3) is 0.581. The van der Waals surface area contributed by atoms with E-state index in [0.717, 1.165) is 38.0 Å². The molecular weight excluding hydrogens is 487 g/mol. The molecule has 1 unspecified atom stereocenters. The molecule has 1 amide bonds. The standard InChI is InChI=1S/C29H42Cl2N2O.C2H6/c1-7-9-17-33(8-2)21-25(18-22-11-10-12-24(15-13-22)29(3,4)5)32(6)28(34)20-23-14-16-26(30)27(31)19-23;1-2/h11-16,19,25H,7-10,17-18,20-21H2,1-6H3;1-2H3. The van der Waals surface area contributed by atoms with Crippen molar-refractivity contribution >= 4 is 29.1 Å². The first-order chi connectivity index (χ1) is 17.0. The van der Waals surface area contributed by atoms with Crippen LogP contribution in [0.25, 0.3) is 0 Å². The van der Waals surface area contributed by atoms with E-state index in [2.05, 4.69) is 63.8 Å². The molecule has 0 saturated heterocycles. The van der Waals surface area contributed by atoms with Crippen LogP contribution in [0.2, 0.25) is 10.0 Å². The number of carbonyl (C=O) groups is 1. The number of halogens is 2. The quantitative estimate of drug-likeness (QED) is 0.283. The van der Waals surface area contributed by atoms with E-state index in [4.69, 9.17) is 23.2 Å². The molecule has 0 N–H and O–H groups in total. The Kier molecular flexibility index (Phi) is 14.7. The summed E-state index contributed by atoms with van der Waals surface area (Å²) in [5.74, 6) is 0.0987. The van der Waals surface area contributed by atoms with Gasteiger partial charge in [-0.2, -0.15) is 0 Å². The maximum atomic E-state index is 13.3. The minimum Gasteiger partial charge on any atom is -0.341 e. The summed E-state index contributed by atoms with van der Waals surface area (Å²) in [4.78, 5) is 17.7. The highest BCUT2D eigenvalue weighted by Crippen LogP contribution is 2.30. The van der Waals surface area contributed by atoms with E-state index in [-0.39, 0.29) is 17.4 Å². The lowest BCUT2D eigenvalue weighted by Gasteiger charge is -2.33. The van der Waals surface area contributed by atoms with Gasteiger partial charge in [0.15, 0.2) is 0 Å². The van der Waals surface area contributed by atoms with Crippen LogP contribution in [0.4, 0.5) is 0 Å². The lowest BCUT2D eigenvalue weighted by Crippen LogP contribution is -2.46. The van der Waals surface area contributed by atoms with Crippen LogP contribution in [0.1, 0.15) is 79.7 Å². The molecule has 1 aliphatic rings. The predicted molar refractivity (Wildman–Crippen MR) is 159 cm³/mol. The number of hydrogen-bond acceptors (Lipinski definition) is 2. The Morgan fingerprint density at radius 1 is 1.06 bits per heavy atom. The van der Waals surface area contributed by atoms with Crippen molar-refractivity contribution in [3.05, 3.63) is 69.3 Å². The SMILES string of the molecule is CC.CCCCN(CC)CC(CC1=CCC=C(C(C)(C)C)C=C1)N(C)C(=O)Cc1ccc(Cl)c(Cl)c1. The zero-order valence-corrected chi connectivity index (χ0v) is 25.3. The van der Waals surface area contributed by atoms with Gasteiger partial charge in [0.25, 0.3) is 0 Å². The maximum Gasteiger partial charge on any atom is 0.227 e. The Hall–Kier alpha value is -1.55. The van der Waals surface area contributed by atoms with Gasteiger partial charge in [0.05, 0.1) is 16.5 Å². The number of benzene rings is 1. The van der Waals surface area contributed by atoms with Gasteiger partial charge < -0.3 is 9.80 Å². The lowest BCUT2D eigenvalue weighted by molar-refractivity contribution is -0.131. The summed E-state index contributed by atoms with van der Waals surface area (Å²) in [7, 11) is 1.94. The molecule has 202 valence electrons. The number of rotatable bonds is 11. The summed E-state index contributed by atoms with van der Waals surface area (Å²) in [6.45, 7) is 18.1. The average molecular weight is 536 g/mol. The van der Waals surface area contributed by atoms with Crippen LogP contribution in [-0.4, -0.2) is 48.4 Å². The molecule has 1 aromatic rings. The second-order valence-electron chi connectivity index (χ2n) is 10.3. The van der Waals surface area contributed by atoms with Crippen molar-refractivity contribution in [2.24, 2.45) is 5.41 Å². The zero-order chi connectivity index (χ0) is 27.3. The van der Waals surface area contributed by atoms with Crippen LogP contribution >= 0.6 is 23.2 Å². The molecule has 3 nitrogen and oxygen atoms in total. The number of likely N-dealkylation sites (N-methyl/N-ethyl adjacent to an activating group) is 2. The van der Waals surface area contributed by atoms with Gasteiger partial charge >= 0.3 is 0 Å². The number of amides is 1. The average Bonchev–Trinajstić information content (AvgIpc) is 3.10. The predicted octanol–water partition coefficient (Wildman–Crippen LogP) is 8.76. The van der Waals surface area contributed by atoms with Crippen LogP contribution in [0.5, 0.6) is 0 Å². The third-order valence-electron chi connectivity index (χ3n) is 6.56. The summed E-state index contributed by atoms with van der Waals surface area (Å²) in [6, 6.07) is 5.53. The van der Waals surface area contributed by atoms with E-state index in [1.54, 1.807) is 12.1 Å². The van der Waals surface area contributed by atoms with E-state index in [1.807, 2.05) is 31.9 Å². The highest BCUT2D eigenvalue weighted by Gasteiger charge is 2.24. The second-order valence-corrected chi connectivity index (χ2v) is 11.1. The van der Waals surface area contributed by atoms with E-state index >= 15 is 0 Å². The first-order valence-electron chi connectivity index (χ1n) is 13.5. The molecule has 0 aliphatic heterocycles. The van der Waals surface area contributed by atoms with Crippen molar-refractivity contribution in [1.82, 2.24) is 9.80 Å². The topological polar surface area (TPSA) is 23.6 Å². The molecule has 0 spiro atoms. The molecule has 0 bridgehead atoms. The lowest BCUT2D eigenvalue weighted by atomic mass is 9.86. The summed E-state index contributed by atoms with van der Waals surface area (Å²) in [6.07, 6.45) is 13.5. The summed E-state index contributed by atoms with van der Waals surface area (Å²) < 4.78 is 0. The van der Waals surface area contributed by atoms with Crippen LogP contribution in [0.15, 0.2) is 53.6 Å². The number of nitrogens with zero attached hydrogens (tertiary/aromatic N) is 2. The monoisotopic (exact) mass is 534 g/mol. The molecule has 0 radical (unpaired) electrons. The Bertz CT molecular complexity index is 912. The third-order valence-corrected chi connectivity index (χ3v) is 7.30. The van der Waals surface area contributed by atoms with E-state index in [1.165, 1.54) is 24.0 Å². The van der Waals surface area contributed by atoms with Gasteiger partial charge in [0.2, 0.25) is 5.91 Å². The zero-order valence-electron chi connectivity index (χ0n) is 23.8. The van der Waals surface area contributed by atoms with E-state index in [0.29, 0.717) is 16.5 Å². The van der Waals surface area contributed by atoms with Gasteiger partial charge in [-0.1, -0.05) is 108 Å². The summed E-state index contributed by atoms with van der Waals surface area (Å²) >= 11 is 12.2. The fourth-order valence-electron chi connectivity index (χ4n) is 4.18. The number of hydrogen-bond donors (Lipinski definition) is 0. The summed E-state index contributed by atoms with van der Waals surface area (Å²) in [5, 5.41) is 0.993. The van der Waals surface area contributed by atoms with Gasteiger partial charge in [0, 0.05) is 19.6 Å². The van der Waals surface area contributed by atoms with E-state index < -0.39 is 0 Å². The highest BCUT2D eigenvalue weighted by molar-refractivity contribution is 6.42. The van der Waals surface area contributed by atoms with Gasteiger partial charge in [0.1, 0.15) is 0 Å². The van der Waals surface area contributed by atoms with E-state index in [9.17, 15) is 4.79 Å². The van der Waals surface area contributed by atoms with Crippen LogP contribution in [0.3, 0.4) is 0 Å². The molecule has 1 aromatic carbocycles. The Labute approximate surface area is 231 Å². The van der Waals surface area contributed by atoms with Crippen molar-refractivity contribution in [3.8, 4) is 0 Å². The summed E-state index contributed by atoms with van der Waals surface area (Å²) in [5.41, 5.74) is 3.67. The molecule has 0 fully saturated rings. The molecule has 0 saturated carbocycles. The first kappa shape index (κ1) is 32.5. The molecule has 2 rings (SSSR count). The van der Waals surface area contributed by atoms with Crippen molar-refractivity contribution < 1.29 is 4.79 Å². The van der Waals surface area contributed by atoms with Crippen molar-refractivity contribution in [1.29, 1.82) is 0 Å². The maximum absolute atomic E-state index is 13.3. The largest absolute Gasteiger partial charge is 0.341 e. The molecule has 1 atom stereocenters. The molecule has 5 heteroatoms. The smallest absolute Gasteiger partial charge is 0.227 e. The fourth-order valence-corrected chi connectivity index (χ4v) is 4.51. The van der Waals surface area contributed by atoms with Crippen molar-refractivity contribution in [2.75, 3.05) is 26.7 Å². The minimum atomic E-state index is 0.0964. The van der Waals surface area contributed by atoms with Gasteiger partial charge in [-0.3, -0.25) is 4.79 Å². The molecule has 0 heterocycles. The normalized spacial score (nSPS) is 14.4. The Balaban J connectivity index is 0.00000316. The molecular formula is C31H48Cl2N2O. The highest BCUT2D eigenvalue weighted by atomic mass is 35.5. The molecule has 1 aliphatic carbocycles. The van der Waals surface area contributed by atoms with Crippen LogP contribution in [-0.2, 0) is 11.2 Å². The molecule has 0 aromatic heterocycles. The van der Waals surface area contributed by atoms with Crippen LogP contribution in [0, 0.1) is 5.41 Å². The Morgan fingerprint density at radius 3 is 2.33 bits per heavy atom. The van der Waals surface area contributed by atoms with Gasteiger partial charge in [-0.25, -0.2) is 0 Å².